The molecule has 158 valence electrons. The second-order valence-electron chi connectivity index (χ2n) is 7.87. The average Bonchev–Trinajstić information content (AvgIpc) is 2.83. The van der Waals surface area contributed by atoms with Gasteiger partial charge in [0.1, 0.15) is 18.1 Å². The van der Waals surface area contributed by atoms with Crippen LogP contribution in [-0.2, 0) is 19.4 Å². The fourth-order valence-electron chi connectivity index (χ4n) is 3.72. The molecule has 0 radical (unpaired) electrons. The zero-order chi connectivity index (χ0) is 21.5. The van der Waals surface area contributed by atoms with Crippen LogP contribution in [0.3, 0.4) is 0 Å². The van der Waals surface area contributed by atoms with Crippen molar-refractivity contribution in [3.8, 4) is 11.5 Å². The van der Waals surface area contributed by atoms with Crippen molar-refractivity contribution in [1.29, 1.82) is 0 Å². The number of pyridine rings is 1. The van der Waals surface area contributed by atoms with E-state index in [4.69, 9.17) is 9.47 Å². The van der Waals surface area contributed by atoms with Crippen LogP contribution in [-0.4, -0.2) is 12.1 Å². The van der Waals surface area contributed by atoms with Gasteiger partial charge in [0.2, 0.25) is 0 Å². The number of aromatic nitrogens is 1. The van der Waals surface area contributed by atoms with Crippen LogP contribution < -0.4 is 9.47 Å². The number of ether oxygens (including phenoxy) is 2. The van der Waals surface area contributed by atoms with Gasteiger partial charge in [0.05, 0.1) is 12.8 Å². The van der Waals surface area contributed by atoms with Crippen molar-refractivity contribution in [2.75, 3.05) is 7.11 Å². The smallest absolute Gasteiger partial charge is 0.120 e. The molecule has 0 aliphatic carbocycles. The van der Waals surface area contributed by atoms with E-state index < -0.39 is 0 Å². The van der Waals surface area contributed by atoms with Gasteiger partial charge in [-0.2, -0.15) is 0 Å². The molecule has 1 aromatic heterocycles. The highest BCUT2D eigenvalue weighted by Gasteiger charge is 2.07. The molecular formula is C28H29NO2. The molecule has 0 atom stereocenters. The molecule has 0 saturated carbocycles. The Morgan fingerprint density at radius 2 is 1.48 bits per heavy atom. The molecule has 0 fully saturated rings. The third-order valence-corrected chi connectivity index (χ3v) is 5.60. The van der Waals surface area contributed by atoms with E-state index in [9.17, 15) is 0 Å². The maximum Gasteiger partial charge on any atom is 0.120 e. The number of hydrogen-bond acceptors (Lipinski definition) is 3. The first-order valence-electron chi connectivity index (χ1n) is 11.0. The Balaban J connectivity index is 1.50. The Morgan fingerprint density at radius 1 is 0.774 bits per heavy atom. The SMILES string of the molecule is CCCCc1ccc(Cc2nccc3ccc(OCc4ccc(OC)cc4)cc23)cc1. The van der Waals surface area contributed by atoms with Crippen molar-refractivity contribution in [3.05, 3.63) is 101 Å². The van der Waals surface area contributed by atoms with Crippen LogP contribution >= 0.6 is 0 Å². The van der Waals surface area contributed by atoms with Crippen LogP contribution in [0.5, 0.6) is 11.5 Å². The monoisotopic (exact) mass is 411 g/mol. The molecule has 0 N–H and O–H groups in total. The number of hydrogen-bond donors (Lipinski definition) is 0. The van der Waals surface area contributed by atoms with E-state index in [1.165, 1.54) is 29.4 Å². The summed E-state index contributed by atoms with van der Waals surface area (Å²) in [6.45, 7) is 2.75. The summed E-state index contributed by atoms with van der Waals surface area (Å²) in [6.07, 6.45) is 6.32. The zero-order valence-electron chi connectivity index (χ0n) is 18.3. The molecule has 0 unspecified atom stereocenters. The molecule has 0 saturated heterocycles. The summed E-state index contributed by atoms with van der Waals surface area (Å²) in [5.41, 5.74) is 4.87. The van der Waals surface area contributed by atoms with Crippen molar-refractivity contribution >= 4 is 10.8 Å². The van der Waals surface area contributed by atoms with Crippen LogP contribution in [0, 0.1) is 0 Å². The van der Waals surface area contributed by atoms with E-state index in [-0.39, 0.29) is 0 Å². The number of fused-ring (bicyclic) bond motifs is 1. The molecule has 0 aliphatic heterocycles. The minimum atomic E-state index is 0.518. The van der Waals surface area contributed by atoms with E-state index in [1.807, 2.05) is 36.5 Å². The van der Waals surface area contributed by atoms with Gasteiger partial charge in [-0.1, -0.05) is 55.8 Å². The van der Waals surface area contributed by atoms with Crippen molar-refractivity contribution in [2.24, 2.45) is 0 Å². The minimum Gasteiger partial charge on any atom is -0.497 e. The number of methoxy groups -OCH3 is 1. The summed E-state index contributed by atoms with van der Waals surface area (Å²) in [7, 11) is 1.67. The summed E-state index contributed by atoms with van der Waals surface area (Å²) in [4.78, 5) is 4.68. The van der Waals surface area contributed by atoms with Gasteiger partial charge in [-0.3, -0.25) is 4.98 Å². The van der Waals surface area contributed by atoms with Gasteiger partial charge in [0.15, 0.2) is 0 Å². The number of aryl methyl sites for hydroxylation is 1. The van der Waals surface area contributed by atoms with Gasteiger partial charge in [-0.25, -0.2) is 0 Å². The Labute approximate surface area is 184 Å². The maximum atomic E-state index is 6.06. The van der Waals surface area contributed by atoms with Gasteiger partial charge >= 0.3 is 0 Å². The van der Waals surface area contributed by atoms with Gasteiger partial charge in [0.25, 0.3) is 0 Å². The van der Waals surface area contributed by atoms with Gasteiger partial charge in [-0.05, 0) is 65.3 Å². The van der Waals surface area contributed by atoms with Crippen molar-refractivity contribution in [2.45, 2.75) is 39.2 Å². The molecule has 31 heavy (non-hydrogen) atoms. The van der Waals surface area contributed by atoms with Crippen LogP contribution in [0.4, 0.5) is 0 Å². The average molecular weight is 412 g/mol. The standard InChI is InChI=1S/C28H29NO2/c1-3-4-5-21-6-8-22(9-7-21)18-28-27-19-26(15-12-24(27)16-17-29-28)31-20-23-10-13-25(30-2)14-11-23/h6-17,19H,3-5,18,20H2,1-2H3. The normalized spacial score (nSPS) is 10.9. The molecule has 3 nitrogen and oxygen atoms in total. The van der Waals surface area contributed by atoms with Gasteiger partial charge < -0.3 is 9.47 Å². The topological polar surface area (TPSA) is 31.4 Å². The molecule has 0 spiro atoms. The van der Waals surface area contributed by atoms with Crippen molar-refractivity contribution < 1.29 is 9.47 Å². The predicted molar refractivity (Wildman–Crippen MR) is 127 cm³/mol. The fraction of sp³-hybridized carbons (Fsp3) is 0.250. The van der Waals surface area contributed by atoms with E-state index in [0.29, 0.717) is 6.61 Å². The molecule has 1 heterocycles. The summed E-state index contributed by atoms with van der Waals surface area (Å²) in [5, 5.41) is 2.33. The number of benzene rings is 3. The second kappa shape index (κ2) is 10.1. The third kappa shape index (κ3) is 5.43. The lowest BCUT2D eigenvalue weighted by atomic mass is 10.0. The number of unbranched alkanes of at least 4 members (excludes halogenated alkanes) is 1. The summed E-state index contributed by atoms with van der Waals surface area (Å²) >= 11 is 0. The number of nitrogens with zero attached hydrogens (tertiary/aromatic N) is 1. The molecule has 0 bridgehead atoms. The largest absolute Gasteiger partial charge is 0.497 e. The van der Waals surface area contributed by atoms with Crippen LogP contribution in [0.2, 0.25) is 0 Å². The fourth-order valence-corrected chi connectivity index (χ4v) is 3.72. The highest BCUT2D eigenvalue weighted by Crippen LogP contribution is 2.25. The first-order valence-corrected chi connectivity index (χ1v) is 11.0. The maximum absolute atomic E-state index is 6.06. The van der Waals surface area contributed by atoms with E-state index in [2.05, 4.69) is 54.4 Å². The van der Waals surface area contributed by atoms with Crippen molar-refractivity contribution in [3.63, 3.8) is 0 Å². The lowest BCUT2D eigenvalue weighted by Gasteiger charge is -2.11. The quantitative estimate of drug-likeness (QED) is 0.305. The Hall–Kier alpha value is -3.33. The summed E-state index contributed by atoms with van der Waals surface area (Å²) in [5.74, 6) is 1.70. The Bertz CT molecular complexity index is 1120. The molecular weight excluding hydrogens is 382 g/mol. The molecule has 4 rings (SSSR count). The first-order chi connectivity index (χ1) is 15.2. The van der Waals surface area contributed by atoms with Crippen LogP contribution in [0.25, 0.3) is 10.8 Å². The molecule has 3 heteroatoms. The van der Waals surface area contributed by atoms with Gasteiger partial charge in [0, 0.05) is 18.0 Å². The summed E-state index contributed by atoms with van der Waals surface area (Å²) in [6, 6.07) is 25.2. The highest BCUT2D eigenvalue weighted by molar-refractivity contribution is 5.86. The van der Waals surface area contributed by atoms with E-state index in [0.717, 1.165) is 41.0 Å². The summed E-state index contributed by atoms with van der Waals surface area (Å²) < 4.78 is 11.3. The lowest BCUT2D eigenvalue weighted by Crippen LogP contribution is -1.97. The van der Waals surface area contributed by atoms with Crippen molar-refractivity contribution in [1.82, 2.24) is 4.98 Å². The van der Waals surface area contributed by atoms with Gasteiger partial charge in [-0.15, -0.1) is 0 Å². The van der Waals surface area contributed by atoms with Crippen LogP contribution in [0.1, 0.15) is 42.1 Å². The second-order valence-corrected chi connectivity index (χ2v) is 7.87. The third-order valence-electron chi connectivity index (χ3n) is 5.60. The zero-order valence-corrected chi connectivity index (χ0v) is 18.3. The Morgan fingerprint density at radius 3 is 2.23 bits per heavy atom. The minimum absolute atomic E-state index is 0.518. The first kappa shape index (κ1) is 20.9. The Kier molecular flexibility index (Phi) is 6.83. The van der Waals surface area contributed by atoms with Crippen LogP contribution in [0.15, 0.2) is 79.0 Å². The molecule has 0 amide bonds. The number of rotatable bonds is 9. The molecule has 0 aliphatic rings. The molecule has 3 aromatic carbocycles. The molecule has 4 aromatic rings. The highest BCUT2D eigenvalue weighted by atomic mass is 16.5. The lowest BCUT2D eigenvalue weighted by molar-refractivity contribution is 0.306. The van der Waals surface area contributed by atoms with E-state index in [1.54, 1.807) is 7.11 Å². The van der Waals surface area contributed by atoms with E-state index >= 15 is 0 Å². The predicted octanol–water partition coefficient (Wildman–Crippen LogP) is 6.76.